The van der Waals surface area contributed by atoms with Crippen LogP contribution in [0.25, 0.3) is 11.1 Å². The van der Waals surface area contributed by atoms with Gasteiger partial charge in [0, 0.05) is 7.11 Å². The SMILES string of the molecule is COC(C)(CC(F)(F)C(F)(F)C(F)(F)C(F)(F)F)c1cccc(-c2ccccc2)c1. The molecule has 30 heavy (non-hydrogen) atoms. The van der Waals surface area contributed by atoms with Crippen LogP contribution in [0.3, 0.4) is 0 Å². The molecule has 1 unspecified atom stereocenters. The maximum absolute atomic E-state index is 14.2. The number of rotatable bonds is 7. The molecule has 0 saturated heterocycles. The van der Waals surface area contributed by atoms with E-state index >= 15 is 0 Å². The van der Waals surface area contributed by atoms with Crippen molar-refractivity contribution < 1.29 is 44.3 Å². The van der Waals surface area contributed by atoms with Crippen molar-refractivity contribution in [3.63, 3.8) is 0 Å². The highest BCUT2D eigenvalue weighted by Gasteiger charge is 2.82. The van der Waals surface area contributed by atoms with Gasteiger partial charge in [-0.05, 0) is 29.7 Å². The lowest BCUT2D eigenvalue weighted by atomic mass is 9.84. The first-order valence-corrected chi connectivity index (χ1v) is 8.50. The third-order valence-electron chi connectivity index (χ3n) is 4.80. The summed E-state index contributed by atoms with van der Waals surface area (Å²) in [4.78, 5) is 0. The van der Waals surface area contributed by atoms with Crippen molar-refractivity contribution in [1.29, 1.82) is 0 Å². The number of halogens is 9. The highest BCUT2D eigenvalue weighted by molar-refractivity contribution is 5.64. The number of alkyl halides is 9. The first-order chi connectivity index (χ1) is 13.6. The lowest BCUT2D eigenvalue weighted by Gasteiger charge is -2.38. The van der Waals surface area contributed by atoms with E-state index in [4.69, 9.17) is 4.74 Å². The van der Waals surface area contributed by atoms with Gasteiger partial charge >= 0.3 is 23.9 Å². The molecule has 0 N–H and O–H groups in total. The molecule has 0 saturated carbocycles. The average molecular weight is 444 g/mol. The number of hydrogen-bond acceptors (Lipinski definition) is 1. The number of methoxy groups -OCH3 is 1. The molecule has 0 bridgehead atoms. The van der Waals surface area contributed by atoms with Gasteiger partial charge in [0.2, 0.25) is 0 Å². The van der Waals surface area contributed by atoms with Gasteiger partial charge in [0.05, 0.1) is 12.0 Å². The normalized spacial score (nSPS) is 15.7. The summed E-state index contributed by atoms with van der Waals surface area (Å²) in [7, 11) is 0.866. The molecule has 0 aromatic heterocycles. The Labute approximate surface area is 166 Å². The van der Waals surface area contributed by atoms with E-state index in [9.17, 15) is 39.5 Å². The molecular formula is C20H17F9O. The zero-order valence-electron chi connectivity index (χ0n) is 15.7. The third kappa shape index (κ3) is 4.14. The van der Waals surface area contributed by atoms with Crippen LogP contribution in [0.2, 0.25) is 0 Å². The molecule has 0 aliphatic carbocycles. The summed E-state index contributed by atoms with van der Waals surface area (Å²) >= 11 is 0. The molecule has 0 aliphatic heterocycles. The molecule has 0 radical (unpaired) electrons. The fourth-order valence-corrected chi connectivity index (χ4v) is 2.89. The van der Waals surface area contributed by atoms with Crippen LogP contribution in [0.1, 0.15) is 18.9 Å². The molecule has 1 nitrogen and oxygen atoms in total. The largest absolute Gasteiger partial charge is 0.460 e. The number of ether oxygens (including phenoxy) is 1. The fraction of sp³-hybridized carbons (Fsp3) is 0.400. The van der Waals surface area contributed by atoms with Crippen LogP contribution < -0.4 is 0 Å². The molecule has 0 fully saturated rings. The zero-order valence-corrected chi connectivity index (χ0v) is 15.7. The van der Waals surface area contributed by atoms with E-state index in [0.29, 0.717) is 11.1 Å². The lowest BCUT2D eigenvalue weighted by molar-refractivity contribution is -0.400. The first kappa shape index (κ1) is 24.0. The van der Waals surface area contributed by atoms with Gasteiger partial charge in [-0.15, -0.1) is 0 Å². The van der Waals surface area contributed by atoms with E-state index in [1.54, 1.807) is 36.4 Å². The monoisotopic (exact) mass is 444 g/mol. The Balaban J connectivity index is 2.46. The lowest BCUT2D eigenvalue weighted by Crippen LogP contribution is -2.62. The predicted octanol–water partition coefficient (Wildman–Crippen LogP) is 7.07. The number of hydrogen-bond donors (Lipinski definition) is 0. The summed E-state index contributed by atoms with van der Waals surface area (Å²) in [5, 5.41) is 0. The minimum absolute atomic E-state index is 0.0999. The summed E-state index contributed by atoms with van der Waals surface area (Å²) < 4.78 is 124. The molecule has 0 amide bonds. The molecular weight excluding hydrogens is 427 g/mol. The number of benzene rings is 2. The van der Waals surface area contributed by atoms with Gasteiger partial charge in [-0.3, -0.25) is 0 Å². The van der Waals surface area contributed by atoms with E-state index in [-0.39, 0.29) is 5.56 Å². The van der Waals surface area contributed by atoms with Crippen LogP contribution in [0, 0.1) is 0 Å². The molecule has 2 rings (SSSR count). The van der Waals surface area contributed by atoms with Crippen LogP contribution in [0.15, 0.2) is 54.6 Å². The van der Waals surface area contributed by atoms with E-state index in [1.807, 2.05) is 0 Å². The zero-order chi connectivity index (χ0) is 23.0. The second kappa shape index (κ2) is 7.79. The van der Waals surface area contributed by atoms with E-state index in [1.165, 1.54) is 18.2 Å². The Kier molecular flexibility index (Phi) is 6.24. The van der Waals surface area contributed by atoms with Gasteiger partial charge in [0.15, 0.2) is 0 Å². The van der Waals surface area contributed by atoms with Crippen molar-refractivity contribution in [2.24, 2.45) is 0 Å². The average Bonchev–Trinajstić information content (AvgIpc) is 2.67. The highest BCUT2D eigenvalue weighted by Crippen LogP contribution is 2.56. The highest BCUT2D eigenvalue weighted by atomic mass is 19.4. The molecule has 1 atom stereocenters. The Hall–Kier alpha value is -2.23. The maximum Gasteiger partial charge on any atom is 0.460 e. The van der Waals surface area contributed by atoms with Crippen molar-refractivity contribution in [2.45, 2.75) is 42.9 Å². The summed E-state index contributed by atoms with van der Waals surface area (Å²) in [5.74, 6) is -19.4. The molecule has 166 valence electrons. The Morgan fingerprint density at radius 3 is 1.73 bits per heavy atom. The molecule has 0 heterocycles. The minimum atomic E-state index is -6.94. The first-order valence-electron chi connectivity index (χ1n) is 8.50. The van der Waals surface area contributed by atoms with Crippen LogP contribution in [0.4, 0.5) is 39.5 Å². The fourth-order valence-electron chi connectivity index (χ4n) is 2.89. The molecule has 0 spiro atoms. The van der Waals surface area contributed by atoms with Crippen molar-refractivity contribution in [2.75, 3.05) is 7.11 Å². The van der Waals surface area contributed by atoms with Crippen LogP contribution in [-0.2, 0) is 10.3 Å². The van der Waals surface area contributed by atoms with Crippen molar-refractivity contribution in [3.8, 4) is 11.1 Å². The van der Waals surface area contributed by atoms with Gasteiger partial charge in [0.25, 0.3) is 0 Å². The van der Waals surface area contributed by atoms with E-state index in [2.05, 4.69) is 0 Å². The summed E-state index contributed by atoms with van der Waals surface area (Å²) in [6.45, 7) is 0.910. The summed E-state index contributed by atoms with van der Waals surface area (Å²) in [6, 6.07) is 14.0. The Bertz CT molecular complexity index is 862. The summed E-state index contributed by atoms with van der Waals surface area (Å²) in [5.41, 5.74) is -1.28. The van der Waals surface area contributed by atoms with Gasteiger partial charge in [-0.25, -0.2) is 0 Å². The quantitative estimate of drug-likeness (QED) is 0.415. The molecule has 2 aromatic rings. The second-order valence-corrected chi connectivity index (χ2v) is 6.91. The second-order valence-electron chi connectivity index (χ2n) is 6.91. The van der Waals surface area contributed by atoms with Crippen LogP contribution >= 0.6 is 0 Å². The Morgan fingerprint density at radius 1 is 0.700 bits per heavy atom. The van der Waals surface area contributed by atoms with Crippen molar-refractivity contribution >= 4 is 0 Å². The third-order valence-corrected chi connectivity index (χ3v) is 4.80. The van der Waals surface area contributed by atoms with Crippen LogP contribution in [0.5, 0.6) is 0 Å². The standard InChI is InChI=1S/C20H17F9O/c1-16(30-2,12-17(21,22)18(23,24)19(25,26)20(27,28)29)15-10-6-9-14(11-15)13-7-4-3-5-8-13/h3-11H,12H2,1-2H3. The van der Waals surface area contributed by atoms with Crippen LogP contribution in [-0.4, -0.2) is 31.1 Å². The van der Waals surface area contributed by atoms with Gasteiger partial charge < -0.3 is 4.74 Å². The molecule has 2 aromatic carbocycles. The van der Waals surface area contributed by atoms with E-state index < -0.39 is 36.0 Å². The van der Waals surface area contributed by atoms with Crippen molar-refractivity contribution in [3.05, 3.63) is 60.2 Å². The van der Waals surface area contributed by atoms with Gasteiger partial charge in [-0.2, -0.15) is 39.5 Å². The molecule has 0 aliphatic rings. The summed E-state index contributed by atoms with van der Waals surface area (Å²) in [6.07, 6.45) is -8.98. The smallest absolute Gasteiger partial charge is 0.374 e. The van der Waals surface area contributed by atoms with E-state index in [0.717, 1.165) is 14.0 Å². The minimum Gasteiger partial charge on any atom is -0.374 e. The molecule has 10 heteroatoms. The van der Waals surface area contributed by atoms with Gasteiger partial charge in [-0.1, -0.05) is 48.5 Å². The predicted molar refractivity (Wildman–Crippen MR) is 91.8 cm³/mol. The topological polar surface area (TPSA) is 9.23 Å². The maximum atomic E-state index is 14.2. The van der Waals surface area contributed by atoms with Crippen molar-refractivity contribution in [1.82, 2.24) is 0 Å². The Morgan fingerprint density at radius 2 is 1.23 bits per heavy atom. The van der Waals surface area contributed by atoms with Gasteiger partial charge in [0.1, 0.15) is 0 Å².